The highest BCUT2D eigenvalue weighted by atomic mass is 16.3. The summed E-state index contributed by atoms with van der Waals surface area (Å²) in [5, 5.41) is 12.5. The Morgan fingerprint density at radius 3 is 2.21 bits per heavy atom. The van der Waals surface area contributed by atoms with Crippen molar-refractivity contribution in [3.05, 3.63) is 60.2 Å². The number of aliphatic hydroxyl groups excluding tert-OH is 1. The number of rotatable bonds is 6. The molecule has 2 rings (SSSR count). The molecular weight excluding hydrogens is 234 g/mol. The van der Waals surface area contributed by atoms with Crippen molar-refractivity contribution in [3.8, 4) is 11.1 Å². The van der Waals surface area contributed by atoms with Crippen molar-refractivity contribution in [2.45, 2.75) is 26.0 Å². The number of nitrogens with one attached hydrogen (secondary N) is 1. The predicted molar refractivity (Wildman–Crippen MR) is 79.9 cm³/mol. The Morgan fingerprint density at radius 2 is 1.58 bits per heavy atom. The molecule has 19 heavy (non-hydrogen) atoms. The van der Waals surface area contributed by atoms with Crippen molar-refractivity contribution in [1.82, 2.24) is 5.32 Å². The van der Waals surface area contributed by atoms with E-state index < -0.39 is 0 Å². The second-order valence-corrected chi connectivity index (χ2v) is 4.88. The van der Waals surface area contributed by atoms with Gasteiger partial charge in [0.05, 0.1) is 6.10 Å². The third-order valence-electron chi connectivity index (χ3n) is 3.13. The molecule has 0 amide bonds. The Labute approximate surface area is 115 Å². The van der Waals surface area contributed by atoms with Crippen molar-refractivity contribution < 1.29 is 5.11 Å². The summed E-state index contributed by atoms with van der Waals surface area (Å²) in [6.45, 7) is 3.51. The van der Waals surface area contributed by atoms with Gasteiger partial charge in [0.2, 0.25) is 0 Å². The first-order valence-corrected chi connectivity index (χ1v) is 6.79. The maximum atomic E-state index is 9.17. The topological polar surface area (TPSA) is 32.3 Å². The van der Waals surface area contributed by atoms with Crippen molar-refractivity contribution in [3.63, 3.8) is 0 Å². The van der Waals surface area contributed by atoms with Gasteiger partial charge in [0.25, 0.3) is 0 Å². The van der Waals surface area contributed by atoms with Gasteiger partial charge in [-0.15, -0.1) is 0 Å². The van der Waals surface area contributed by atoms with Crippen molar-refractivity contribution in [2.75, 3.05) is 6.54 Å². The Morgan fingerprint density at radius 1 is 0.947 bits per heavy atom. The standard InChI is InChI=1S/C17H21NO/c1-14(19)11-12-18-13-15-7-9-17(10-8-15)16-5-3-2-4-6-16/h2-10,14,18-19H,11-13H2,1H3. The van der Waals surface area contributed by atoms with Crippen LogP contribution in [0.15, 0.2) is 54.6 Å². The van der Waals surface area contributed by atoms with Gasteiger partial charge in [0, 0.05) is 6.54 Å². The summed E-state index contributed by atoms with van der Waals surface area (Å²) >= 11 is 0. The lowest BCUT2D eigenvalue weighted by Gasteiger charge is -2.07. The molecule has 0 spiro atoms. The fraction of sp³-hybridized carbons (Fsp3) is 0.294. The molecule has 0 aliphatic heterocycles. The lowest BCUT2D eigenvalue weighted by molar-refractivity contribution is 0.183. The average molecular weight is 255 g/mol. The monoisotopic (exact) mass is 255 g/mol. The van der Waals surface area contributed by atoms with E-state index in [2.05, 4.69) is 53.8 Å². The molecule has 1 unspecified atom stereocenters. The fourth-order valence-electron chi connectivity index (χ4n) is 1.99. The first-order valence-electron chi connectivity index (χ1n) is 6.79. The summed E-state index contributed by atoms with van der Waals surface area (Å²) in [4.78, 5) is 0. The minimum absolute atomic E-state index is 0.229. The second kappa shape index (κ2) is 7.07. The first kappa shape index (κ1) is 13.8. The zero-order valence-corrected chi connectivity index (χ0v) is 11.3. The second-order valence-electron chi connectivity index (χ2n) is 4.88. The van der Waals surface area contributed by atoms with E-state index in [-0.39, 0.29) is 6.10 Å². The quantitative estimate of drug-likeness (QED) is 0.777. The molecule has 0 heterocycles. The highest BCUT2D eigenvalue weighted by Crippen LogP contribution is 2.19. The molecule has 0 saturated heterocycles. The van der Waals surface area contributed by atoms with Crippen LogP contribution in [0.3, 0.4) is 0 Å². The zero-order valence-electron chi connectivity index (χ0n) is 11.3. The van der Waals surface area contributed by atoms with Crippen LogP contribution >= 0.6 is 0 Å². The van der Waals surface area contributed by atoms with E-state index in [1.54, 1.807) is 0 Å². The van der Waals surface area contributed by atoms with Crippen LogP contribution in [0, 0.1) is 0 Å². The summed E-state index contributed by atoms with van der Waals surface area (Å²) in [7, 11) is 0. The minimum Gasteiger partial charge on any atom is -0.393 e. The lowest BCUT2D eigenvalue weighted by Crippen LogP contribution is -2.18. The van der Waals surface area contributed by atoms with E-state index in [4.69, 9.17) is 0 Å². The van der Waals surface area contributed by atoms with Crippen LogP contribution in [0.1, 0.15) is 18.9 Å². The molecule has 0 aliphatic rings. The molecule has 0 bridgehead atoms. The Hall–Kier alpha value is -1.64. The van der Waals surface area contributed by atoms with Gasteiger partial charge in [-0.2, -0.15) is 0 Å². The van der Waals surface area contributed by atoms with Crippen molar-refractivity contribution >= 4 is 0 Å². The average Bonchev–Trinajstić information content (AvgIpc) is 2.45. The van der Waals surface area contributed by atoms with Gasteiger partial charge < -0.3 is 10.4 Å². The Balaban J connectivity index is 1.88. The molecule has 2 aromatic carbocycles. The van der Waals surface area contributed by atoms with Crippen LogP contribution in [-0.2, 0) is 6.54 Å². The van der Waals surface area contributed by atoms with Gasteiger partial charge in [-0.05, 0) is 36.6 Å². The largest absolute Gasteiger partial charge is 0.393 e. The number of aliphatic hydroxyl groups is 1. The SMILES string of the molecule is CC(O)CCNCc1ccc(-c2ccccc2)cc1. The van der Waals surface area contributed by atoms with Gasteiger partial charge in [-0.3, -0.25) is 0 Å². The molecule has 2 aromatic rings. The Kier molecular flexibility index (Phi) is 5.13. The van der Waals surface area contributed by atoms with Crippen LogP contribution in [-0.4, -0.2) is 17.8 Å². The summed E-state index contributed by atoms with van der Waals surface area (Å²) < 4.78 is 0. The van der Waals surface area contributed by atoms with E-state index in [1.807, 2.05) is 13.0 Å². The van der Waals surface area contributed by atoms with Crippen LogP contribution in [0.25, 0.3) is 11.1 Å². The van der Waals surface area contributed by atoms with E-state index in [9.17, 15) is 5.11 Å². The third kappa shape index (κ3) is 4.51. The van der Waals surface area contributed by atoms with Crippen LogP contribution in [0.5, 0.6) is 0 Å². The maximum absolute atomic E-state index is 9.17. The highest BCUT2D eigenvalue weighted by molar-refractivity contribution is 5.63. The van der Waals surface area contributed by atoms with E-state index in [0.29, 0.717) is 0 Å². The number of hydrogen-bond donors (Lipinski definition) is 2. The third-order valence-corrected chi connectivity index (χ3v) is 3.13. The van der Waals surface area contributed by atoms with Gasteiger partial charge in [0.1, 0.15) is 0 Å². The van der Waals surface area contributed by atoms with Crippen molar-refractivity contribution in [1.29, 1.82) is 0 Å². The van der Waals surface area contributed by atoms with E-state index >= 15 is 0 Å². The van der Waals surface area contributed by atoms with Gasteiger partial charge in [-0.25, -0.2) is 0 Å². The van der Waals surface area contributed by atoms with E-state index in [0.717, 1.165) is 19.5 Å². The molecule has 0 saturated carbocycles. The molecule has 0 aliphatic carbocycles. The van der Waals surface area contributed by atoms with Crippen LogP contribution in [0.2, 0.25) is 0 Å². The molecule has 2 nitrogen and oxygen atoms in total. The molecular formula is C17H21NO. The Bertz CT molecular complexity index is 476. The summed E-state index contributed by atoms with van der Waals surface area (Å²) in [6, 6.07) is 19.0. The molecule has 0 radical (unpaired) electrons. The molecule has 1 atom stereocenters. The summed E-state index contributed by atoms with van der Waals surface area (Å²) in [5.74, 6) is 0. The van der Waals surface area contributed by atoms with Gasteiger partial charge in [0.15, 0.2) is 0 Å². The molecule has 0 fully saturated rings. The van der Waals surface area contributed by atoms with E-state index in [1.165, 1.54) is 16.7 Å². The predicted octanol–water partition coefficient (Wildman–Crippen LogP) is 3.21. The maximum Gasteiger partial charge on any atom is 0.0524 e. The molecule has 0 aromatic heterocycles. The first-order chi connectivity index (χ1) is 9.25. The summed E-state index contributed by atoms with van der Waals surface area (Å²) in [6.07, 6.45) is 0.565. The lowest BCUT2D eigenvalue weighted by atomic mass is 10.0. The van der Waals surface area contributed by atoms with Gasteiger partial charge in [-0.1, -0.05) is 54.6 Å². The zero-order chi connectivity index (χ0) is 13.5. The summed E-state index contributed by atoms with van der Waals surface area (Å²) in [5.41, 5.74) is 3.76. The minimum atomic E-state index is -0.229. The van der Waals surface area contributed by atoms with Crippen LogP contribution < -0.4 is 5.32 Å². The molecule has 2 heteroatoms. The number of benzene rings is 2. The number of hydrogen-bond acceptors (Lipinski definition) is 2. The normalized spacial score (nSPS) is 12.3. The smallest absolute Gasteiger partial charge is 0.0524 e. The fourth-order valence-corrected chi connectivity index (χ4v) is 1.99. The molecule has 2 N–H and O–H groups in total. The molecule has 100 valence electrons. The van der Waals surface area contributed by atoms with Crippen LogP contribution in [0.4, 0.5) is 0 Å². The van der Waals surface area contributed by atoms with Gasteiger partial charge >= 0.3 is 0 Å². The van der Waals surface area contributed by atoms with Crippen molar-refractivity contribution in [2.24, 2.45) is 0 Å². The highest BCUT2D eigenvalue weighted by Gasteiger charge is 1.98.